The summed E-state index contributed by atoms with van der Waals surface area (Å²) in [6.45, 7) is 23.7. The predicted octanol–water partition coefficient (Wildman–Crippen LogP) is 6.06. The largest absolute Gasteiger partial charge is 0.465 e. The Morgan fingerprint density at radius 1 is 0.972 bits per heavy atom. The van der Waals surface area contributed by atoms with E-state index in [0.29, 0.717) is 58.6 Å². The molecule has 0 spiro atoms. The van der Waals surface area contributed by atoms with Gasteiger partial charge in [-0.1, -0.05) is 33.5 Å². The zero-order chi connectivity index (χ0) is 50.2. The number of hydrazine groups is 1. The van der Waals surface area contributed by atoms with Gasteiger partial charge < -0.3 is 43.4 Å². The fraction of sp³-hybridized carbons (Fsp3) is 0.698. The van der Waals surface area contributed by atoms with Crippen LogP contribution in [0.1, 0.15) is 77.2 Å². The Labute approximate surface area is 422 Å². The highest BCUT2D eigenvalue weighted by Crippen LogP contribution is 2.43. The summed E-state index contributed by atoms with van der Waals surface area (Å²) in [5.74, 6) is -0.618. The molecular weight excluding hydrogens is 919 g/mol. The summed E-state index contributed by atoms with van der Waals surface area (Å²) in [5.41, 5.74) is 10.4. The molecule has 71 heavy (non-hydrogen) atoms. The Morgan fingerprint density at radius 3 is 2.45 bits per heavy atom. The number of carbonyl (C=O) groups excluding carboxylic acids is 3. The number of nitrogens with one attached hydrogen (secondary N) is 2. The van der Waals surface area contributed by atoms with Gasteiger partial charge in [-0.2, -0.15) is 0 Å². The van der Waals surface area contributed by atoms with E-state index in [2.05, 4.69) is 107 Å². The molecule has 390 valence electrons. The van der Waals surface area contributed by atoms with E-state index in [1.54, 1.807) is 19.2 Å². The highest BCUT2D eigenvalue weighted by molar-refractivity contribution is 6.76. The first-order valence-electron chi connectivity index (χ1n) is 26.5. The van der Waals surface area contributed by atoms with Crippen LogP contribution in [0.15, 0.2) is 30.5 Å². The predicted molar refractivity (Wildman–Crippen MR) is 279 cm³/mol. The van der Waals surface area contributed by atoms with Crippen LogP contribution < -0.4 is 20.5 Å². The highest BCUT2D eigenvalue weighted by atomic mass is 28.3. The SMILES string of the molecule is CCn1c(-c2cc(N3CCN(C4CC4)CC3)cnc2[C@H](C)OC)c2c3cc(ccc31)N1CCO[C@H](C1)[C@@H](N1CC(OC)C1)[C@H](NC(=O)OCC[Si](C)(C)C)C(=O)N1CCC[C@@H](CC(=O)OCC(C)(C)C2)N1. The third kappa shape index (κ3) is 11.7. The molecule has 3 aromatic rings. The summed E-state index contributed by atoms with van der Waals surface area (Å²) in [4.78, 5) is 57.7. The second-order valence-electron chi connectivity index (χ2n) is 22.9. The normalized spacial score (nSPS) is 25.8. The number of hydrogen-bond acceptors (Lipinski definition) is 14. The molecular formula is C53H81N9O8Si. The number of morpholine rings is 1. The standard InChI is InChI=1S/C53H81N9O8Si/c1-10-61-44-16-15-38-27-41(44)43(49(61)42-28-39(30-54-47(42)35(2)66-5)58-20-18-57(19-21-58)37-13-14-37)29-53(3,4)34-70-46(63)26-36-12-11-17-62(56-36)51(64)48(55-52(65)69-24-25-71(7,8)9)50(60-31-40(32-60)67-6)45-33-59(38)22-23-68-45/h15-16,27-28,30,35-37,40,45,48,50,56H,10-14,17-26,29,31-34H2,1-9H3,(H,55,65)/t35-,36-,45+,48-,50+/m0/s1. The minimum absolute atomic E-state index is 0.0164. The molecule has 18 heteroatoms. The molecule has 2 amide bonds. The number of fused-ring (bicyclic) bond motifs is 6. The molecule has 6 aliphatic rings. The number of methoxy groups -OCH3 is 2. The third-order valence-corrected chi connectivity index (χ3v) is 17.5. The summed E-state index contributed by atoms with van der Waals surface area (Å²) in [5, 5.41) is 5.79. The lowest BCUT2D eigenvalue weighted by molar-refractivity contribution is -0.153. The zero-order valence-corrected chi connectivity index (χ0v) is 45.0. The highest BCUT2D eigenvalue weighted by Gasteiger charge is 2.48. The van der Waals surface area contributed by atoms with Crippen molar-refractivity contribution < 1.29 is 38.1 Å². The second-order valence-corrected chi connectivity index (χ2v) is 28.5. The van der Waals surface area contributed by atoms with Gasteiger partial charge in [-0.05, 0) is 81.8 Å². The lowest BCUT2D eigenvalue weighted by atomic mass is 9.84. The van der Waals surface area contributed by atoms with E-state index in [4.69, 9.17) is 28.7 Å². The van der Waals surface area contributed by atoms with E-state index in [-0.39, 0.29) is 49.8 Å². The van der Waals surface area contributed by atoms with Crippen LogP contribution in [-0.2, 0) is 46.2 Å². The maximum atomic E-state index is 15.1. The Hall–Kier alpha value is -4.30. The minimum Gasteiger partial charge on any atom is -0.465 e. The number of aryl methyl sites for hydroxylation is 1. The molecule has 2 N–H and O–H groups in total. The van der Waals surface area contributed by atoms with Crippen molar-refractivity contribution in [1.29, 1.82) is 0 Å². The second kappa shape index (κ2) is 21.7. The molecule has 9 rings (SSSR count). The van der Waals surface area contributed by atoms with Crippen molar-refractivity contribution in [3.8, 4) is 11.3 Å². The first-order valence-corrected chi connectivity index (χ1v) is 30.2. The van der Waals surface area contributed by atoms with Gasteiger partial charge in [0.25, 0.3) is 5.91 Å². The first-order chi connectivity index (χ1) is 34.0. The van der Waals surface area contributed by atoms with Crippen molar-refractivity contribution in [1.82, 2.24) is 35.1 Å². The monoisotopic (exact) mass is 1000 g/mol. The third-order valence-electron chi connectivity index (χ3n) is 15.8. The number of rotatable bonds is 12. The van der Waals surface area contributed by atoms with Gasteiger partial charge in [-0.3, -0.25) is 29.4 Å². The number of pyridine rings is 1. The number of benzene rings is 1. The Balaban J connectivity index is 1.14. The van der Waals surface area contributed by atoms with Crippen LogP contribution in [0.25, 0.3) is 22.2 Å². The Kier molecular flexibility index (Phi) is 15.7. The lowest BCUT2D eigenvalue weighted by Gasteiger charge is -2.51. The molecule has 5 fully saturated rings. The topological polar surface area (TPSA) is 155 Å². The van der Waals surface area contributed by atoms with Crippen LogP contribution in [0.5, 0.6) is 0 Å². The summed E-state index contributed by atoms with van der Waals surface area (Å²) in [7, 11) is 1.94. The van der Waals surface area contributed by atoms with Gasteiger partial charge in [0.15, 0.2) is 0 Å². The summed E-state index contributed by atoms with van der Waals surface area (Å²) < 4.78 is 33.0. The summed E-state index contributed by atoms with van der Waals surface area (Å²) in [6, 6.07) is 8.75. The van der Waals surface area contributed by atoms with E-state index in [1.807, 2.05) is 6.20 Å². The summed E-state index contributed by atoms with van der Waals surface area (Å²) in [6.07, 6.45) is 5.36. The average molecular weight is 1000 g/mol. The quantitative estimate of drug-likeness (QED) is 0.160. The van der Waals surface area contributed by atoms with Gasteiger partial charge in [0, 0.05) is 127 Å². The Morgan fingerprint density at radius 2 is 1.75 bits per heavy atom. The van der Waals surface area contributed by atoms with Crippen molar-refractivity contribution in [2.75, 3.05) is 103 Å². The van der Waals surface area contributed by atoms with E-state index in [0.717, 1.165) is 84.0 Å². The maximum Gasteiger partial charge on any atom is 0.407 e. The van der Waals surface area contributed by atoms with Gasteiger partial charge in [-0.15, -0.1) is 0 Å². The number of nitrogens with zero attached hydrogens (tertiary/aromatic N) is 7. The molecule has 0 unspecified atom stereocenters. The fourth-order valence-electron chi connectivity index (χ4n) is 11.4. The van der Waals surface area contributed by atoms with Crippen LogP contribution >= 0.6 is 0 Å². The number of anilines is 2. The molecule has 5 atom stereocenters. The molecule has 17 nitrogen and oxygen atoms in total. The van der Waals surface area contributed by atoms with Crippen LogP contribution in [0.4, 0.5) is 16.2 Å². The number of alkyl carbamates (subject to hydrolysis) is 1. The molecule has 1 aromatic carbocycles. The number of cyclic esters (lactones) is 1. The molecule has 1 saturated carbocycles. The van der Waals surface area contributed by atoms with Gasteiger partial charge in [0.2, 0.25) is 0 Å². The molecule has 6 bridgehead atoms. The minimum atomic E-state index is -1.51. The number of amides is 2. The first kappa shape index (κ1) is 51.6. The molecule has 4 saturated heterocycles. The van der Waals surface area contributed by atoms with Gasteiger partial charge in [-0.25, -0.2) is 10.2 Å². The number of esters is 1. The van der Waals surface area contributed by atoms with Crippen LogP contribution in [0.3, 0.4) is 0 Å². The van der Waals surface area contributed by atoms with Crippen molar-refractivity contribution in [3.05, 3.63) is 41.7 Å². The van der Waals surface area contributed by atoms with E-state index >= 15 is 4.79 Å². The molecule has 7 heterocycles. The van der Waals surface area contributed by atoms with Crippen molar-refractivity contribution in [2.45, 2.75) is 141 Å². The molecule has 1 aliphatic carbocycles. The molecule has 5 aliphatic heterocycles. The van der Waals surface area contributed by atoms with Gasteiger partial charge in [0.05, 0.1) is 73.9 Å². The van der Waals surface area contributed by atoms with Gasteiger partial charge in [0.1, 0.15) is 6.04 Å². The van der Waals surface area contributed by atoms with E-state index in [1.165, 1.54) is 18.4 Å². The van der Waals surface area contributed by atoms with E-state index in [9.17, 15) is 9.59 Å². The fourth-order valence-corrected chi connectivity index (χ4v) is 12.1. The van der Waals surface area contributed by atoms with Gasteiger partial charge >= 0.3 is 12.1 Å². The number of carbonyl (C=O) groups is 3. The van der Waals surface area contributed by atoms with Crippen molar-refractivity contribution >= 4 is 48.3 Å². The summed E-state index contributed by atoms with van der Waals surface area (Å²) >= 11 is 0. The zero-order valence-electron chi connectivity index (χ0n) is 44.0. The maximum absolute atomic E-state index is 15.1. The van der Waals surface area contributed by atoms with Crippen LogP contribution in [0, 0.1) is 5.41 Å². The van der Waals surface area contributed by atoms with Crippen LogP contribution in [0.2, 0.25) is 25.7 Å². The lowest BCUT2D eigenvalue weighted by Crippen LogP contribution is -2.72. The Bertz CT molecular complexity index is 2370. The number of aromatic nitrogens is 2. The molecule has 0 radical (unpaired) electrons. The smallest absolute Gasteiger partial charge is 0.407 e. The van der Waals surface area contributed by atoms with Crippen LogP contribution in [-0.4, -0.2) is 180 Å². The van der Waals surface area contributed by atoms with E-state index < -0.39 is 37.8 Å². The van der Waals surface area contributed by atoms with Crippen molar-refractivity contribution in [2.24, 2.45) is 5.41 Å². The van der Waals surface area contributed by atoms with Crippen molar-refractivity contribution in [3.63, 3.8) is 0 Å². The molecule has 2 aromatic heterocycles. The average Bonchev–Trinajstić information content (AvgIpc) is 4.15. The number of likely N-dealkylation sites (tertiary alicyclic amines) is 1. The number of piperazine rings is 1. The number of hydrogen-bond donors (Lipinski definition) is 2. The number of ether oxygens (including phenoxy) is 5.